The lowest BCUT2D eigenvalue weighted by Gasteiger charge is -2.48. The zero-order valence-electron chi connectivity index (χ0n) is 34.0. The monoisotopic (exact) mass is 756 g/mol. The molecule has 0 spiro atoms. The molecule has 302 valence electrons. The Morgan fingerprint density at radius 1 is 1.02 bits per heavy atom. The molecule has 0 amide bonds. The lowest BCUT2D eigenvalue weighted by Crippen LogP contribution is -2.60. The highest BCUT2D eigenvalue weighted by Crippen LogP contribution is 2.39. The minimum Gasteiger partial charge on any atom is -0.459 e. The van der Waals surface area contributed by atoms with Crippen LogP contribution < -0.4 is 0 Å². The van der Waals surface area contributed by atoms with Crippen LogP contribution in [0.3, 0.4) is 0 Å². The third kappa shape index (κ3) is 9.76. The predicted molar refractivity (Wildman–Crippen MR) is 206 cm³/mol. The standard InChI is InChI=1S/C42H64N2O10/c1-12-33-42(8,49)38(51-19-15-16-29-21-30-17-13-14-18-31(30)43-23-29)26(4)34(45)24(2)22-41(7,50-11)37(27(5)35(46)28(6)39(48)53-33)54-40-36(47)32(44(9)10)20-25(3)52-40/h13-18,21,23-28,32-33,35-38,40,46-47,49H,12,19-20,22H2,1-11H3/b16-15+/t24-,25-,26-,27+,28-,32+,33+,35+,36-,37-,38-,40?,41+,42-/m1/s1. The van der Waals surface area contributed by atoms with E-state index >= 15 is 0 Å². The van der Waals surface area contributed by atoms with Gasteiger partial charge < -0.3 is 43.9 Å². The predicted octanol–water partition coefficient (Wildman–Crippen LogP) is 4.80. The van der Waals surface area contributed by atoms with Crippen molar-refractivity contribution in [1.29, 1.82) is 0 Å². The molecule has 1 aromatic heterocycles. The highest BCUT2D eigenvalue weighted by molar-refractivity contribution is 5.84. The minimum absolute atomic E-state index is 0.0540. The third-order valence-electron chi connectivity index (χ3n) is 11.8. The number of benzene rings is 1. The Hall–Kier alpha value is -2.81. The van der Waals surface area contributed by atoms with Crippen LogP contribution in [-0.4, -0.2) is 125 Å². The molecule has 1 aromatic carbocycles. The van der Waals surface area contributed by atoms with E-state index in [9.17, 15) is 24.9 Å². The number of hydrogen-bond acceptors (Lipinski definition) is 12. The summed E-state index contributed by atoms with van der Waals surface area (Å²) >= 11 is 0. The SMILES string of the molecule is CC[C@@H]1OC(=O)[C@H](C)[C@@H](O)[C@H](C)[C@@H](OC2O[C@H](C)C[C@H](N(C)C)[C@H]2O)[C@@](C)(OC)C[C@@H](C)C(=O)[C@@H](C)[C@@H](OC/C=C/c2cnc3ccccc3c2)[C@]1(C)O. The molecule has 2 aromatic rings. The number of methoxy groups -OCH3 is 1. The van der Waals surface area contributed by atoms with Gasteiger partial charge in [-0.05, 0) is 78.7 Å². The Balaban J connectivity index is 1.69. The van der Waals surface area contributed by atoms with E-state index in [0.717, 1.165) is 16.5 Å². The summed E-state index contributed by atoms with van der Waals surface area (Å²) in [5, 5.41) is 36.4. The summed E-state index contributed by atoms with van der Waals surface area (Å²) in [5.74, 6) is -4.18. The summed E-state index contributed by atoms with van der Waals surface area (Å²) in [7, 11) is 5.28. The van der Waals surface area contributed by atoms with Gasteiger partial charge in [-0.25, -0.2) is 0 Å². The van der Waals surface area contributed by atoms with Crippen molar-refractivity contribution < 1.29 is 48.6 Å². The van der Waals surface area contributed by atoms with E-state index in [4.69, 9.17) is 23.7 Å². The number of likely N-dealkylation sites (N-methyl/N-ethyl adjacent to an activating group) is 1. The summed E-state index contributed by atoms with van der Waals surface area (Å²) in [5.41, 5.74) is -1.25. The fourth-order valence-corrected chi connectivity index (χ4v) is 8.41. The molecule has 3 N–H and O–H groups in total. The van der Waals surface area contributed by atoms with Gasteiger partial charge in [0.25, 0.3) is 0 Å². The molecule has 2 saturated heterocycles. The van der Waals surface area contributed by atoms with Gasteiger partial charge in [-0.1, -0.05) is 58.0 Å². The minimum atomic E-state index is -1.79. The number of aliphatic hydroxyl groups excluding tert-OH is 2. The maximum atomic E-state index is 14.4. The van der Waals surface area contributed by atoms with Crippen LogP contribution >= 0.6 is 0 Å². The summed E-state index contributed by atoms with van der Waals surface area (Å²) in [6.07, 6.45) is -0.305. The van der Waals surface area contributed by atoms with Gasteiger partial charge >= 0.3 is 5.97 Å². The second kappa shape index (κ2) is 18.4. The van der Waals surface area contributed by atoms with Crippen LogP contribution in [0.4, 0.5) is 0 Å². The number of rotatable bonds is 9. The maximum absolute atomic E-state index is 14.4. The molecule has 0 saturated carbocycles. The zero-order valence-corrected chi connectivity index (χ0v) is 34.0. The van der Waals surface area contributed by atoms with Crippen LogP contribution in [0.2, 0.25) is 0 Å². The Bertz CT molecular complexity index is 1580. The summed E-state index contributed by atoms with van der Waals surface area (Å²) in [6.45, 7) is 13.9. The Morgan fingerprint density at radius 3 is 2.35 bits per heavy atom. The van der Waals surface area contributed by atoms with Gasteiger partial charge in [-0.2, -0.15) is 0 Å². The lowest BCUT2D eigenvalue weighted by molar-refractivity contribution is -0.301. The number of nitrogens with zero attached hydrogens (tertiary/aromatic N) is 2. The summed E-state index contributed by atoms with van der Waals surface area (Å²) < 4.78 is 31.3. The number of ether oxygens (including phenoxy) is 5. The number of ketones is 1. The average Bonchev–Trinajstić information content (AvgIpc) is 3.14. The van der Waals surface area contributed by atoms with E-state index in [0.29, 0.717) is 6.42 Å². The smallest absolute Gasteiger partial charge is 0.311 e. The molecular formula is C42H64N2O10. The molecule has 4 rings (SSSR count). The number of carbonyl (C=O) groups is 2. The van der Waals surface area contributed by atoms with E-state index < -0.39 is 77.7 Å². The molecule has 0 radical (unpaired) electrons. The fraction of sp³-hybridized carbons (Fsp3) is 0.690. The average molecular weight is 757 g/mol. The van der Waals surface area contributed by atoms with E-state index in [1.165, 1.54) is 14.0 Å². The lowest BCUT2D eigenvalue weighted by atomic mass is 9.74. The molecule has 12 heteroatoms. The van der Waals surface area contributed by atoms with Gasteiger partial charge in [0.2, 0.25) is 0 Å². The molecular weight excluding hydrogens is 692 g/mol. The number of para-hydroxylation sites is 1. The number of carbonyl (C=O) groups excluding carboxylic acids is 2. The van der Waals surface area contributed by atoms with Gasteiger partial charge in [0.15, 0.2) is 6.29 Å². The van der Waals surface area contributed by atoms with Crippen molar-refractivity contribution in [1.82, 2.24) is 9.88 Å². The second-order valence-corrected chi connectivity index (χ2v) is 16.3. The number of aromatic nitrogens is 1. The number of fused-ring (bicyclic) bond motifs is 1. The Kier molecular flexibility index (Phi) is 15.0. The first-order valence-corrected chi connectivity index (χ1v) is 19.3. The van der Waals surface area contributed by atoms with Crippen LogP contribution in [0.5, 0.6) is 0 Å². The molecule has 14 atom stereocenters. The van der Waals surface area contributed by atoms with Crippen LogP contribution in [0.1, 0.15) is 80.2 Å². The Labute approximate surface area is 321 Å². The van der Waals surface area contributed by atoms with Crippen molar-refractivity contribution >= 4 is 28.7 Å². The van der Waals surface area contributed by atoms with E-state index in [1.54, 1.807) is 53.8 Å². The molecule has 12 nitrogen and oxygen atoms in total. The van der Waals surface area contributed by atoms with E-state index in [1.807, 2.05) is 62.3 Å². The number of aliphatic hydroxyl groups is 3. The first-order valence-electron chi connectivity index (χ1n) is 19.3. The van der Waals surface area contributed by atoms with Crippen LogP contribution in [0.25, 0.3) is 17.0 Å². The number of hydrogen-bond donors (Lipinski definition) is 3. The third-order valence-corrected chi connectivity index (χ3v) is 11.8. The van der Waals surface area contributed by atoms with Crippen LogP contribution in [-0.2, 0) is 33.3 Å². The molecule has 54 heavy (non-hydrogen) atoms. The topological polar surface area (TPSA) is 157 Å². The van der Waals surface area contributed by atoms with Gasteiger partial charge in [-0.15, -0.1) is 0 Å². The summed E-state index contributed by atoms with van der Waals surface area (Å²) in [4.78, 5) is 34.7. The largest absolute Gasteiger partial charge is 0.459 e. The fourth-order valence-electron chi connectivity index (χ4n) is 8.41. The molecule has 2 aliphatic rings. The summed E-state index contributed by atoms with van der Waals surface area (Å²) in [6, 6.07) is 9.58. The zero-order chi connectivity index (χ0) is 40.1. The molecule has 2 fully saturated rings. The quantitative estimate of drug-likeness (QED) is 0.301. The van der Waals surface area contributed by atoms with Crippen molar-refractivity contribution in [2.75, 3.05) is 27.8 Å². The number of pyridine rings is 1. The van der Waals surface area contributed by atoms with Crippen LogP contribution in [0.15, 0.2) is 42.6 Å². The van der Waals surface area contributed by atoms with Crippen LogP contribution in [0, 0.1) is 23.7 Å². The first kappa shape index (κ1) is 43.9. The molecule has 0 aliphatic carbocycles. The molecule has 0 bridgehead atoms. The second-order valence-electron chi connectivity index (χ2n) is 16.3. The van der Waals surface area contributed by atoms with Crippen molar-refractivity contribution in [3.63, 3.8) is 0 Å². The van der Waals surface area contributed by atoms with Crippen molar-refractivity contribution in [2.45, 2.75) is 135 Å². The van der Waals surface area contributed by atoms with E-state index in [2.05, 4.69) is 4.98 Å². The number of esters is 1. The first-order chi connectivity index (χ1) is 25.4. The number of Topliss-reactive ketones (excluding diaryl/α,β-unsaturated/α-hetero) is 1. The van der Waals surface area contributed by atoms with Gasteiger partial charge in [0, 0.05) is 42.5 Å². The molecule has 3 heterocycles. The van der Waals surface area contributed by atoms with Crippen molar-refractivity contribution in [2.24, 2.45) is 23.7 Å². The number of cyclic esters (lactones) is 1. The molecule has 2 aliphatic heterocycles. The highest BCUT2D eigenvalue weighted by atomic mass is 16.7. The Morgan fingerprint density at radius 2 is 1.70 bits per heavy atom. The van der Waals surface area contributed by atoms with Gasteiger partial charge in [-0.3, -0.25) is 14.6 Å². The highest BCUT2D eigenvalue weighted by Gasteiger charge is 2.52. The van der Waals surface area contributed by atoms with Crippen molar-refractivity contribution in [3.8, 4) is 0 Å². The maximum Gasteiger partial charge on any atom is 0.311 e. The molecule has 1 unspecified atom stereocenters. The van der Waals surface area contributed by atoms with Gasteiger partial charge in [0.1, 0.15) is 23.6 Å². The van der Waals surface area contributed by atoms with Crippen molar-refractivity contribution in [3.05, 3.63) is 48.2 Å². The normalized spacial score (nSPS) is 39.2. The van der Waals surface area contributed by atoms with E-state index in [-0.39, 0.29) is 37.4 Å². The van der Waals surface area contributed by atoms with Gasteiger partial charge in [0.05, 0.1) is 48.1 Å².